The first-order chi connectivity index (χ1) is 18.0. The zero-order chi connectivity index (χ0) is 25.9. The zero-order valence-corrected chi connectivity index (χ0v) is 22.0. The van der Waals surface area contributed by atoms with Crippen LogP contribution in [-0.4, -0.2) is 60.4 Å². The highest BCUT2D eigenvalue weighted by atomic mass is 16.2. The SMILES string of the molecule is CN[C@@H](C)C(=O)N[C@H](C(=O)N1CCC2CCC(NC(=O)c3cccc4ccccc34)C21)C1CCCCC1. The molecule has 3 N–H and O–H groups in total. The molecule has 3 unspecified atom stereocenters. The molecule has 1 saturated heterocycles. The van der Waals surface area contributed by atoms with Crippen LogP contribution in [-0.2, 0) is 9.59 Å². The van der Waals surface area contributed by atoms with Crippen LogP contribution in [0.2, 0.25) is 0 Å². The number of hydrogen-bond acceptors (Lipinski definition) is 4. The van der Waals surface area contributed by atoms with E-state index in [-0.39, 0.29) is 41.8 Å². The molecule has 0 radical (unpaired) electrons. The largest absolute Gasteiger partial charge is 0.347 e. The van der Waals surface area contributed by atoms with E-state index in [9.17, 15) is 14.4 Å². The smallest absolute Gasteiger partial charge is 0.252 e. The number of likely N-dealkylation sites (N-methyl/N-ethyl adjacent to an activating group) is 1. The summed E-state index contributed by atoms with van der Waals surface area (Å²) in [6.07, 6.45) is 8.15. The molecule has 2 saturated carbocycles. The Bertz CT molecular complexity index is 1140. The van der Waals surface area contributed by atoms with Crippen LogP contribution < -0.4 is 16.0 Å². The van der Waals surface area contributed by atoms with Crippen molar-refractivity contribution in [2.45, 2.75) is 82.5 Å². The highest BCUT2D eigenvalue weighted by molar-refractivity contribution is 6.07. The highest BCUT2D eigenvalue weighted by Gasteiger charge is 2.48. The molecule has 7 heteroatoms. The van der Waals surface area contributed by atoms with Crippen LogP contribution in [0.15, 0.2) is 42.5 Å². The summed E-state index contributed by atoms with van der Waals surface area (Å²) < 4.78 is 0. The van der Waals surface area contributed by atoms with Gasteiger partial charge in [0.05, 0.1) is 12.1 Å². The minimum Gasteiger partial charge on any atom is -0.347 e. The van der Waals surface area contributed by atoms with Crippen molar-refractivity contribution in [3.05, 3.63) is 48.0 Å². The average molecular weight is 505 g/mol. The topological polar surface area (TPSA) is 90.5 Å². The van der Waals surface area contributed by atoms with E-state index in [4.69, 9.17) is 0 Å². The van der Waals surface area contributed by atoms with Crippen LogP contribution in [0, 0.1) is 11.8 Å². The molecule has 1 aliphatic heterocycles. The molecule has 0 bridgehead atoms. The van der Waals surface area contributed by atoms with Crippen LogP contribution in [0.1, 0.15) is 68.6 Å². The van der Waals surface area contributed by atoms with Gasteiger partial charge in [0.2, 0.25) is 11.8 Å². The molecule has 2 aromatic rings. The number of hydrogen-bond donors (Lipinski definition) is 3. The van der Waals surface area contributed by atoms with Crippen molar-refractivity contribution in [1.82, 2.24) is 20.9 Å². The standard InChI is InChI=1S/C30H40N4O3/c1-19(31-2)28(35)33-26(21-10-4-3-5-11-21)30(37)34-18-17-22-15-16-25(27(22)34)32-29(36)24-14-8-12-20-9-6-7-13-23(20)24/h6-9,12-14,19,21-22,25-27,31H,3-5,10-11,15-18H2,1-2H3,(H,32,36)(H,33,35)/t19-,22?,25?,26-,27?/m0/s1. The molecular formula is C30H40N4O3. The molecule has 5 rings (SSSR count). The van der Waals surface area contributed by atoms with Gasteiger partial charge in [-0.05, 0) is 74.8 Å². The van der Waals surface area contributed by atoms with Gasteiger partial charge >= 0.3 is 0 Å². The van der Waals surface area contributed by atoms with Gasteiger partial charge in [-0.2, -0.15) is 0 Å². The Morgan fingerprint density at radius 1 is 0.919 bits per heavy atom. The number of rotatable bonds is 7. The summed E-state index contributed by atoms with van der Waals surface area (Å²) in [7, 11) is 1.76. The predicted octanol–water partition coefficient (Wildman–Crippen LogP) is 3.62. The van der Waals surface area contributed by atoms with E-state index >= 15 is 0 Å². The molecule has 37 heavy (non-hydrogen) atoms. The maximum Gasteiger partial charge on any atom is 0.252 e. The second-order valence-electron chi connectivity index (χ2n) is 11.1. The quantitative estimate of drug-likeness (QED) is 0.537. The van der Waals surface area contributed by atoms with E-state index in [1.807, 2.05) is 54.3 Å². The first-order valence-corrected chi connectivity index (χ1v) is 14.0. The first-order valence-electron chi connectivity index (χ1n) is 14.0. The Hall–Kier alpha value is -2.93. The van der Waals surface area contributed by atoms with Crippen molar-refractivity contribution in [3.63, 3.8) is 0 Å². The lowest BCUT2D eigenvalue weighted by atomic mass is 9.83. The lowest BCUT2D eigenvalue weighted by Gasteiger charge is -2.37. The number of carbonyl (C=O) groups is 3. The van der Waals surface area contributed by atoms with Crippen LogP contribution in [0.5, 0.6) is 0 Å². The Morgan fingerprint density at radius 3 is 2.46 bits per heavy atom. The molecule has 5 atom stereocenters. The summed E-state index contributed by atoms with van der Waals surface area (Å²) in [6, 6.07) is 12.8. The second-order valence-corrected chi connectivity index (χ2v) is 11.1. The maximum absolute atomic E-state index is 14.1. The zero-order valence-electron chi connectivity index (χ0n) is 22.0. The number of fused-ring (bicyclic) bond motifs is 2. The van der Waals surface area contributed by atoms with Crippen LogP contribution >= 0.6 is 0 Å². The summed E-state index contributed by atoms with van der Waals surface area (Å²) in [5.74, 6) is 0.373. The third kappa shape index (κ3) is 5.24. The van der Waals surface area contributed by atoms with Crippen molar-refractivity contribution < 1.29 is 14.4 Å². The van der Waals surface area contributed by atoms with Crippen LogP contribution in [0.4, 0.5) is 0 Å². The molecule has 3 aliphatic rings. The van der Waals surface area contributed by atoms with E-state index in [2.05, 4.69) is 16.0 Å². The first kappa shape index (κ1) is 25.7. The van der Waals surface area contributed by atoms with Gasteiger partial charge in [-0.15, -0.1) is 0 Å². The maximum atomic E-state index is 14.1. The van der Waals surface area contributed by atoms with Crippen molar-refractivity contribution in [2.75, 3.05) is 13.6 Å². The van der Waals surface area contributed by atoms with Crippen molar-refractivity contribution >= 4 is 28.5 Å². The molecule has 3 fully saturated rings. The normalized spacial score (nSPS) is 25.5. The second kappa shape index (κ2) is 11.2. The number of amides is 3. The van der Waals surface area contributed by atoms with Gasteiger partial charge in [-0.3, -0.25) is 14.4 Å². The number of carbonyl (C=O) groups excluding carboxylic acids is 3. The number of benzene rings is 2. The van der Waals surface area contributed by atoms with Gasteiger partial charge in [-0.25, -0.2) is 0 Å². The molecule has 0 aromatic heterocycles. The Balaban J connectivity index is 1.35. The number of likely N-dealkylation sites (tertiary alicyclic amines) is 1. The van der Waals surface area contributed by atoms with Gasteiger partial charge in [0.15, 0.2) is 0 Å². The third-order valence-electron chi connectivity index (χ3n) is 8.99. The summed E-state index contributed by atoms with van der Waals surface area (Å²) in [4.78, 5) is 42.4. The van der Waals surface area contributed by atoms with E-state index < -0.39 is 6.04 Å². The molecule has 198 valence electrons. The third-order valence-corrected chi connectivity index (χ3v) is 8.99. The Morgan fingerprint density at radius 2 is 1.68 bits per heavy atom. The van der Waals surface area contributed by atoms with Gasteiger partial charge in [0, 0.05) is 18.2 Å². The fourth-order valence-electron chi connectivity index (χ4n) is 6.83. The van der Waals surface area contributed by atoms with E-state index in [0.29, 0.717) is 18.0 Å². The molecule has 3 amide bonds. The molecule has 2 aliphatic carbocycles. The van der Waals surface area contributed by atoms with Crippen molar-refractivity contribution in [3.8, 4) is 0 Å². The molecule has 1 heterocycles. The highest BCUT2D eigenvalue weighted by Crippen LogP contribution is 2.39. The summed E-state index contributed by atoms with van der Waals surface area (Å²) in [5.41, 5.74) is 0.672. The predicted molar refractivity (Wildman–Crippen MR) is 145 cm³/mol. The molecule has 7 nitrogen and oxygen atoms in total. The monoisotopic (exact) mass is 504 g/mol. The fraction of sp³-hybridized carbons (Fsp3) is 0.567. The number of nitrogens with zero attached hydrogens (tertiary/aromatic N) is 1. The minimum absolute atomic E-state index is 0.0175. The van der Waals surface area contributed by atoms with E-state index in [1.165, 1.54) is 6.42 Å². The molecule has 2 aromatic carbocycles. The summed E-state index contributed by atoms with van der Waals surface area (Å²) in [6.45, 7) is 2.51. The summed E-state index contributed by atoms with van der Waals surface area (Å²) >= 11 is 0. The van der Waals surface area contributed by atoms with Crippen molar-refractivity contribution in [1.29, 1.82) is 0 Å². The summed E-state index contributed by atoms with van der Waals surface area (Å²) in [5, 5.41) is 11.4. The van der Waals surface area contributed by atoms with Gasteiger partial charge < -0.3 is 20.9 Å². The lowest BCUT2D eigenvalue weighted by Crippen LogP contribution is -2.59. The Kier molecular flexibility index (Phi) is 7.79. The molecular weight excluding hydrogens is 464 g/mol. The fourth-order valence-corrected chi connectivity index (χ4v) is 6.83. The molecule has 0 spiro atoms. The van der Waals surface area contributed by atoms with Crippen LogP contribution in [0.25, 0.3) is 10.8 Å². The van der Waals surface area contributed by atoms with Gasteiger partial charge in [0.1, 0.15) is 6.04 Å². The van der Waals surface area contributed by atoms with Crippen LogP contribution in [0.3, 0.4) is 0 Å². The average Bonchev–Trinajstić information content (AvgIpc) is 3.54. The van der Waals surface area contributed by atoms with Crippen molar-refractivity contribution in [2.24, 2.45) is 11.8 Å². The van der Waals surface area contributed by atoms with Gasteiger partial charge in [-0.1, -0.05) is 55.7 Å². The van der Waals surface area contributed by atoms with E-state index in [0.717, 1.165) is 55.7 Å². The van der Waals surface area contributed by atoms with Gasteiger partial charge in [0.25, 0.3) is 5.91 Å². The van der Waals surface area contributed by atoms with E-state index in [1.54, 1.807) is 7.05 Å². The lowest BCUT2D eigenvalue weighted by molar-refractivity contribution is -0.140. The number of nitrogens with one attached hydrogen (secondary N) is 3. The Labute approximate surface area is 219 Å². The minimum atomic E-state index is -0.502.